The number of hydrogen-bond acceptors (Lipinski definition) is 5. The lowest BCUT2D eigenvalue weighted by Crippen LogP contribution is -2.51. The second-order valence-corrected chi connectivity index (χ2v) is 5.47. The highest BCUT2D eigenvalue weighted by Gasteiger charge is 2.46. The highest BCUT2D eigenvalue weighted by molar-refractivity contribution is 5.81. The molecule has 0 aliphatic heterocycles. The fraction of sp³-hybridized carbons (Fsp3) is 0.933. The SMILES string of the molecule is CCCNC1(C(=O)OC)CCC(OC(C)COCC)C1. The maximum atomic E-state index is 12.1. The molecule has 0 saturated heterocycles. The van der Waals surface area contributed by atoms with Crippen molar-refractivity contribution in [2.24, 2.45) is 0 Å². The van der Waals surface area contributed by atoms with Crippen molar-refractivity contribution < 1.29 is 19.0 Å². The van der Waals surface area contributed by atoms with Crippen LogP contribution in [0.4, 0.5) is 0 Å². The van der Waals surface area contributed by atoms with Gasteiger partial charge in [0, 0.05) is 13.0 Å². The molecule has 0 radical (unpaired) electrons. The molecule has 0 heterocycles. The first-order valence-electron chi connectivity index (χ1n) is 7.64. The Morgan fingerprint density at radius 2 is 2.20 bits per heavy atom. The molecular weight excluding hydrogens is 258 g/mol. The van der Waals surface area contributed by atoms with Crippen molar-refractivity contribution in [3.05, 3.63) is 0 Å². The van der Waals surface area contributed by atoms with E-state index in [-0.39, 0.29) is 18.2 Å². The van der Waals surface area contributed by atoms with Crippen molar-refractivity contribution >= 4 is 5.97 Å². The Labute approximate surface area is 122 Å². The molecule has 0 spiro atoms. The first-order valence-corrected chi connectivity index (χ1v) is 7.64. The average molecular weight is 287 g/mol. The Bertz CT molecular complexity index is 298. The number of carbonyl (C=O) groups excluding carboxylic acids is 1. The summed E-state index contributed by atoms with van der Waals surface area (Å²) in [5.74, 6) is -0.172. The number of carbonyl (C=O) groups is 1. The van der Waals surface area contributed by atoms with Crippen molar-refractivity contribution in [2.75, 3.05) is 26.9 Å². The molecule has 1 aliphatic carbocycles. The Morgan fingerprint density at radius 1 is 1.45 bits per heavy atom. The van der Waals surface area contributed by atoms with Gasteiger partial charge in [-0.05, 0) is 39.7 Å². The standard InChI is InChI=1S/C15H29NO4/c1-5-9-16-15(14(17)18-4)8-7-13(10-15)20-12(3)11-19-6-2/h12-13,16H,5-11H2,1-4H3. The third-order valence-electron chi connectivity index (χ3n) is 3.74. The van der Waals surface area contributed by atoms with Gasteiger partial charge in [0.2, 0.25) is 0 Å². The molecule has 0 aromatic rings. The van der Waals surface area contributed by atoms with Gasteiger partial charge < -0.3 is 19.5 Å². The molecule has 5 nitrogen and oxygen atoms in total. The number of rotatable bonds is 9. The minimum Gasteiger partial charge on any atom is -0.468 e. The summed E-state index contributed by atoms with van der Waals surface area (Å²) in [5, 5.41) is 3.36. The number of hydrogen-bond donors (Lipinski definition) is 1. The second-order valence-electron chi connectivity index (χ2n) is 5.47. The lowest BCUT2D eigenvalue weighted by Gasteiger charge is -2.28. The van der Waals surface area contributed by atoms with E-state index in [1.165, 1.54) is 7.11 Å². The molecule has 5 heteroatoms. The first kappa shape index (κ1) is 17.4. The van der Waals surface area contributed by atoms with E-state index in [1.54, 1.807) is 0 Å². The van der Waals surface area contributed by atoms with Crippen LogP contribution in [0, 0.1) is 0 Å². The van der Waals surface area contributed by atoms with Gasteiger partial charge in [0.15, 0.2) is 0 Å². The zero-order valence-corrected chi connectivity index (χ0v) is 13.2. The third kappa shape index (κ3) is 4.72. The Morgan fingerprint density at radius 3 is 2.80 bits per heavy atom. The van der Waals surface area contributed by atoms with Crippen LogP contribution in [0.3, 0.4) is 0 Å². The molecule has 3 unspecified atom stereocenters. The maximum Gasteiger partial charge on any atom is 0.326 e. The Balaban J connectivity index is 2.53. The summed E-state index contributed by atoms with van der Waals surface area (Å²) >= 11 is 0. The van der Waals surface area contributed by atoms with Crippen LogP contribution in [0.25, 0.3) is 0 Å². The zero-order chi connectivity index (χ0) is 15.0. The molecular formula is C15H29NO4. The van der Waals surface area contributed by atoms with Gasteiger partial charge in [-0.2, -0.15) is 0 Å². The summed E-state index contributed by atoms with van der Waals surface area (Å²) in [5.41, 5.74) is -0.569. The molecule has 1 rings (SSSR count). The van der Waals surface area contributed by atoms with Gasteiger partial charge in [0.05, 0.1) is 25.9 Å². The van der Waals surface area contributed by atoms with E-state index in [2.05, 4.69) is 12.2 Å². The van der Waals surface area contributed by atoms with Crippen LogP contribution in [0.1, 0.15) is 46.5 Å². The van der Waals surface area contributed by atoms with Crippen LogP contribution < -0.4 is 5.32 Å². The molecule has 1 saturated carbocycles. The van der Waals surface area contributed by atoms with Crippen molar-refractivity contribution in [1.29, 1.82) is 0 Å². The predicted molar refractivity (Wildman–Crippen MR) is 77.7 cm³/mol. The van der Waals surface area contributed by atoms with E-state index in [0.29, 0.717) is 19.6 Å². The molecule has 0 aromatic heterocycles. The van der Waals surface area contributed by atoms with E-state index < -0.39 is 5.54 Å². The van der Waals surface area contributed by atoms with E-state index in [0.717, 1.165) is 25.8 Å². The fourth-order valence-corrected chi connectivity index (χ4v) is 2.75. The molecule has 118 valence electrons. The molecule has 20 heavy (non-hydrogen) atoms. The van der Waals surface area contributed by atoms with E-state index in [4.69, 9.17) is 14.2 Å². The lowest BCUT2D eigenvalue weighted by atomic mass is 9.97. The Hall–Kier alpha value is -0.650. The molecule has 3 atom stereocenters. The van der Waals surface area contributed by atoms with E-state index in [1.807, 2.05) is 13.8 Å². The van der Waals surface area contributed by atoms with E-state index >= 15 is 0 Å². The summed E-state index contributed by atoms with van der Waals surface area (Å²) in [6.45, 7) is 8.18. The fourth-order valence-electron chi connectivity index (χ4n) is 2.75. The van der Waals surface area contributed by atoms with Gasteiger partial charge in [-0.1, -0.05) is 6.92 Å². The largest absolute Gasteiger partial charge is 0.468 e. The van der Waals surface area contributed by atoms with Crippen LogP contribution in [0.15, 0.2) is 0 Å². The summed E-state index contributed by atoms with van der Waals surface area (Å²) < 4.78 is 16.3. The molecule has 1 fully saturated rings. The quantitative estimate of drug-likeness (QED) is 0.656. The zero-order valence-electron chi connectivity index (χ0n) is 13.2. The van der Waals surface area contributed by atoms with Crippen LogP contribution in [-0.2, 0) is 19.0 Å². The highest BCUT2D eigenvalue weighted by atomic mass is 16.5. The van der Waals surface area contributed by atoms with Crippen molar-refractivity contribution in [2.45, 2.75) is 64.2 Å². The van der Waals surface area contributed by atoms with Crippen LogP contribution in [-0.4, -0.2) is 50.6 Å². The van der Waals surface area contributed by atoms with Crippen molar-refractivity contribution in [3.63, 3.8) is 0 Å². The van der Waals surface area contributed by atoms with Gasteiger partial charge in [-0.3, -0.25) is 4.79 Å². The summed E-state index contributed by atoms with van der Waals surface area (Å²) in [4.78, 5) is 12.1. The normalized spacial score (nSPS) is 27.5. The van der Waals surface area contributed by atoms with Crippen LogP contribution >= 0.6 is 0 Å². The molecule has 1 aliphatic rings. The first-order chi connectivity index (χ1) is 9.57. The molecule has 0 bridgehead atoms. The predicted octanol–water partition coefficient (Wildman–Crippen LogP) is 1.89. The van der Waals surface area contributed by atoms with Gasteiger partial charge in [0.25, 0.3) is 0 Å². The number of nitrogens with one attached hydrogen (secondary N) is 1. The lowest BCUT2D eigenvalue weighted by molar-refractivity contribution is -0.149. The molecule has 1 N–H and O–H groups in total. The van der Waals surface area contributed by atoms with E-state index in [9.17, 15) is 4.79 Å². The van der Waals surface area contributed by atoms with Gasteiger partial charge >= 0.3 is 5.97 Å². The van der Waals surface area contributed by atoms with Crippen molar-refractivity contribution in [1.82, 2.24) is 5.32 Å². The van der Waals surface area contributed by atoms with Crippen molar-refractivity contribution in [3.8, 4) is 0 Å². The second kappa shape index (κ2) is 8.60. The average Bonchev–Trinajstić information content (AvgIpc) is 2.86. The third-order valence-corrected chi connectivity index (χ3v) is 3.74. The number of ether oxygens (including phenoxy) is 3. The molecule has 0 aromatic carbocycles. The van der Waals surface area contributed by atoms with Crippen LogP contribution in [0.5, 0.6) is 0 Å². The minimum atomic E-state index is -0.569. The monoisotopic (exact) mass is 287 g/mol. The van der Waals surface area contributed by atoms with Gasteiger partial charge in [0.1, 0.15) is 5.54 Å². The van der Waals surface area contributed by atoms with Gasteiger partial charge in [-0.15, -0.1) is 0 Å². The highest BCUT2D eigenvalue weighted by Crippen LogP contribution is 2.33. The smallest absolute Gasteiger partial charge is 0.326 e. The number of esters is 1. The van der Waals surface area contributed by atoms with Crippen LogP contribution in [0.2, 0.25) is 0 Å². The maximum absolute atomic E-state index is 12.1. The summed E-state index contributed by atoms with van der Waals surface area (Å²) in [6, 6.07) is 0. The topological polar surface area (TPSA) is 56.8 Å². The Kier molecular flexibility index (Phi) is 7.48. The molecule has 0 amide bonds. The minimum absolute atomic E-state index is 0.0552. The summed E-state index contributed by atoms with van der Waals surface area (Å²) in [7, 11) is 1.45. The van der Waals surface area contributed by atoms with Gasteiger partial charge in [-0.25, -0.2) is 0 Å². The number of methoxy groups -OCH3 is 1. The summed E-state index contributed by atoms with van der Waals surface area (Å²) in [6.07, 6.45) is 3.46.